The second-order valence-electron chi connectivity index (χ2n) is 6.29. The van der Waals surface area contributed by atoms with E-state index >= 15 is 0 Å². The molecule has 1 aromatic carbocycles. The van der Waals surface area contributed by atoms with Crippen LogP contribution in [0.2, 0.25) is 0 Å². The van der Waals surface area contributed by atoms with Gasteiger partial charge in [-0.15, -0.1) is 0 Å². The van der Waals surface area contributed by atoms with Gasteiger partial charge in [0.25, 0.3) is 5.91 Å². The van der Waals surface area contributed by atoms with Crippen LogP contribution in [0.5, 0.6) is 0 Å². The zero-order chi connectivity index (χ0) is 14.8. The molecule has 1 saturated carbocycles. The smallest absolute Gasteiger partial charge is 0.251 e. The molecule has 2 N–H and O–H groups in total. The van der Waals surface area contributed by atoms with Gasteiger partial charge in [-0.05, 0) is 37.3 Å². The summed E-state index contributed by atoms with van der Waals surface area (Å²) in [6.07, 6.45) is 2.78. The number of carbonyl (C=O) groups excluding carboxylic acids is 1. The van der Waals surface area contributed by atoms with Gasteiger partial charge in [0.05, 0.1) is 0 Å². The summed E-state index contributed by atoms with van der Waals surface area (Å²) >= 11 is 0. The first-order chi connectivity index (χ1) is 9.35. The van der Waals surface area contributed by atoms with Crippen LogP contribution in [0.15, 0.2) is 24.3 Å². The Morgan fingerprint density at radius 3 is 2.55 bits per heavy atom. The summed E-state index contributed by atoms with van der Waals surface area (Å²) in [6, 6.07) is 6.58. The molecule has 1 fully saturated rings. The molecule has 1 aromatic rings. The second kappa shape index (κ2) is 5.52. The molecule has 2 rings (SSSR count). The average Bonchev–Trinajstić information content (AvgIpc) is 2.84. The van der Waals surface area contributed by atoms with E-state index in [-0.39, 0.29) is 11.7 Å². The molecular weight excluding hydrogens is 257 g/mol. The van der Waals surface area contributed by atoms with E-state index in [9.17, 15) is 14.3 Å². The molecule has 0 unspecified atom stereocenters. The fourth-order valence-corrected chi connectivity index (χ4v) is 2.76. The lowest BCUT2D eigenvalue weighted by molar-refractivity contribution is -0.139. The highest BCUT2D eigenvalue weighted by Gasteiger charge is 2.39. The van der Waals surface area contributed by atoms with Gasteiger partial charge < -0.3 is 10.4 Å². The highest BCUT2D eigenvalue weighted by Crippen LogP contribution is 2.30. The summed E-state index contributed by atoms with van der Waals surface area (Å²) in [5.41, 5.74) is -1.18. The van der Waals surface area contributed by atoms with E-state index < -0.39 is 11.0 Å². The molecule has 110 valence electrons. The molecule has 0 radical (unpaired) electrons. The second-order valence-corrected chi connectivity index (χ2v) is 6.29. The van der Waals surface area contributed by atoms with Gasteiger partial charge in [-0.1, -0.05) is 32.0 Å². The Hall–Kier alpha value is -1.42. The maximum absolute atomic E-state index is 13.8. The first-order valence-corrected chi connectivity index (χ1v) is 7.11. The first kappa shape index (κ1) is 15.0. The quantitative estimate of drug-likeness (QED) is 0.889. The summed E-state index contributed by atoms with van der Waals surface area (Å²) in [5, 5.41) is 13.0. The van der Waals surface area contributed by atoms with Gasteiger partial charge in [-0.2, -0.15) is 0 Å². The van der Waals surface area contributed by atoms with Gasteiger partial charge in [-0.3, -0.25) is 4.79 Å². The Labute approximate surface area is 119 Å². The molecule has 1 aliphatic carbocycles. The van der Waals surface area contributed by atoms with Crippen molar-refractivity contribution in [1.29, 1.82) is 0 Å². The lowest BCUT2D eigenvalue weighted by atomic mass is 9.84. The van der Waals surface area contributed by atoms with Crippen LogP contribution in [0, 0.1) is 5.82 Å². The molecule has 1 aliphatic rings. The lowest BCUT2D eigenvalue weighted by Gasteiger charge is -2.28. The summed E-state index contributed by atoms with van der Waals surface area (Å²) in [5.74, 6) is -0.606. The van der Waals surface area contributed by atoms with Crippen LogP contribution in [-0.4, -0.2) is 23.2 Å². The van der Waals surface area contributed by atoms with E-state index in [0.717, 1.165) is 12.8 Å². The summed E-state index contributed by atoms with van der Waals surface area (Å²) < 4.78 is 13.8. The normalized spacial score (nSPS) is 18.0. The Kier molecular flexibility index (Phi) is 4.14. The summed E-state index contributed by atoms with van der Waals surface area (Å²) in [6.45, 7) is 4.06. The van der Waals surface area contributed by atoms with Crippen LogP contribution >= 0.6 is 0 Å². The van der Waals surface area contributed by atoms with Crippen molar-refractivity contribution in [3.05, 3.63) is 35.6 Å². The van der Waals surface area contributed by atoms with Crippen molar-refractivity contribution >= 4 is 5.91 Å². The van der Waals surface area contributed by atoms with E-state index in [1.807, 2.05) is 13.8 Å². The average molecular weight is 279 g/mol. The van der Waals surface area contributed by atoms with Gasteiger partial charge in [0.1, 0.15) is 11.4 Å². The molecule has 0 atom stereocenters. The van der Waals surface area contributed by atoms with Crippen LogP contribution in [0.25, 0.3) is 0 Å². The number of benzene rings is 1. The Morgan fingerprint density at radius 1 is 1.35 bits per heavy atom. The monoisotopic (exact) mass is 279 g/mol. The van der Waals surface area contributed by atoms with Crippen LogP contribution in [-0.2, 0) is 10.2 Å². The molecule has 20 heavy (non-hydrogen) atoms. The van der Waals surface area contributed by atoms with Crippen molar-refractivity contribution in [2.75, 3.05) is 6.54 Å². The van der Waals surface area contributed by atoms with Crippen LogP contribution in [0.1, 0.15) is 45.1 Å². The van der Waals surface area contributed by atoms with Gasteiger partial charge in [0.15, 0.2) is 0 Å². The molecule has 0 heterocycles. The topological polar surface area (TPSA) is 49.3 Å². The molecule has 4 heteroatoms. The van der Waals surface area contributed by atoms with E-state index in [2.05, 4.69) is 5.32 Å². The van der Waals surface area contributed by atoms with Gasteiger partial charge in [-0.25, -0.2) is 4.39 Å². The Morgan fingerprint density at radius 2 is 1.95 bits per heavy atom. The number of hydrogen-bond acceptors (Lipinski definition) is 2. The van der Waals surface area contributed by atoms with Crippen LogP contribution in [0.3, 0.4) is 0 Å². The van der Waals surface area contributed by atoms with Gasteiger partial charge in [0.2, 0.25) is 0 Å². The fourth-order valence-electron chi connectivity index (χ4n) is 2.76. The third-order valence-corrected chi connectivity index (χ3v) is 4.15. The van der Waals surface area contributed by atoms with Crippen molar-refractivity contribution in [2.24, 2.45) is 0 Å². The van der Waals surface area contributed by atoms with Crippen molar-refractivity contribution in [2.45, 2.75) is 50.5 Å². The SMILES string of the molecule is CC(C)(CNC(=O)C1(O)CCCC1)c1ccccc1F. The minimum Gasteiger partial charge on any atom is -0.380 e. The van der Waals surface area contributed by atoms with Crippen LogP contribution in [0.4, 0.5) is 4.39 Å². The third-order valence-electron chi connectivity index (χ3n) is 4.15. The first-order valence-electron chi connectivity index (χ1n) is 7.11. The number of carbonyl (C=O) groups is 1. The van der Waals surface area contributed by atoms with Crippen LogP contribution < -0.4 is 5.32 Å². The minimum atomic E-state index is -1.23. The number of rotatable bonds is 4. The Balaban J connectivity index is 2.02. The number of hydrogen-bond donors (Lipinski definition) is 2. The lowest BCUT2D eigenvalue weighted by Crippen LogP contribution is -2.48. The van der Waals surface area contributed by atoms with E-state index in [4.69, 9.17) is 0 Å². The van der Waals surface area contributed by atoms with Gasteiger partial charge >= 0.3 is 0 Å². The number of amides is 1. The molecule has 0 saturated heterocycles. The standard InChI is InChI=1S/C16H22FNO2/c1-15(2,12-7-3-4-8-13(12)17)11-18-14(19)16(20)9-5-6-10-16/h3-4,7-8,20H,5-6,9-11H2,1-2H3,(H,18,19). The third kappa shape index (κ3) is 3.01. The molecule has 0 aliphatic heterocycles. The van der Waals surface area contributed by atoms with E-state index in [0.29, 0.717) is 24.9 Å². The van der Waals surface area contributed by atoms with E-state index in [1.165, 1.54) is 6.07 Å². The highest BCUT2D eigenvalue weighted by atomic mass is 19.1. The molecule has 3 nitrogen and oxygen atoms in total. The predicted molar refractivity (Wildman–Crippen MR) is 75.9 cm³/mol. The number of nitrogens with one attached hydrogen (secondary N) is 1. The highest BCUT2D eigenvalue weighted by molar-refractivity contribution is 5.85. The van der Waals surface area contributed by atoms with Gasteiger partial charge in [0, 0.05) is 12.0 Å². The van der Waals surface area contributed by atoms with E-state index in [1.54, 1.807) is 18.2 Å². The van der Waals surface area contributed by atoms with Crippen molar-refractivity contribution in [3.8, 4) is 0 Å². The molecule has 0 bridgehead atoms. The van der Waals surface area contributed by atoms with Crippen molar-refractivity contribution in [1.82, 2.24) is 5.32 Å². The number of aliphatic hydroxyl groups is 1. The zero-order valence-electron chi connectivity index (χ0n) is 12.1. The summed E-state index contributed by atoms with van der Waals surface area (Å²) in [4.78, 5) is 12.1. The minimum absolute atomic E-state index is 0.272. The fraction of sp³-hybridized carbons (Fsp3) is 0.562. The van der Waals surface area contributed by atoms with Crippen molar-refractivity contribution in [3.63, 3.8) is 0 Å². The molecule has 0 aromatic heterocycles. The summed E-state index contributed by atoms with van der Waals surface area (Å²) in [7, 11) is 0. The Bertz CT molecular complexity index is 493. The maximum Gasteiger partial charge on any atom is 0.251 e. The maximum atomic E-state index is 13.8. The number of halogens is 1. The molecular formula is C16H22FNO2. The predicted octanol–water partition coefficient (Wildman–Crippen LogP) is 2.52. The largest absolute Gasteiger partial charge is 0.380 e. The molecule has 1 amide bonds. The molecule has 0 spiro atoms. The van der Waals surface area contributed by atoms with Crippen molar-refractivity contribution < 1.29 is 14.3 Å². The zero-order valence-corrected chi connectivity index (χ0v) is 12.1.